The zero-order valence-electron chi connectivity index (χ0n) is 5.21. The Hall–Kier alpha value is 0.597. The number of hydrogen-bond acceptors (Lipinski definition) is 0. The van der Waals surface area contributed by atoms with E-state index in [0.29, 0.717) is 5.41 Å². The number of hydrogen-bond donors (Lipinski definition) is 0. The van der Waals surface area contributed by atoms with Gasteiger partial charge < -0.3 is 0 Å². The van der Waals surface area contributed by atoms with Crippen molar-refractivity contribution in [3.63, 3.8) is 0 Å². The predicted octanol–water partition coefficient (Wildman–Crippen LogP) is 1.62. The van der Waals surface area contributed by atoms with Gasteiger partial charge in [0.2, 0.25) is 0 Å². The second kappa shape index (κ2) is 2.05. The van der Waals surface area contributed by atoms with Crippen LogP contribution in [-0.4, -0.2) is 17.7 Å². The molecule has 0 radical (unpaired) electrons. The molecule has 0 N–H and O–H groups in total. The molecule has 0 aromatic carbocycles. The molecule has 0 rings (SSSR count). The molecule has 0 aromatic rings. The molecule has 6 heavy (non-hydrogen) atoms. The SMILES string of the molecule is [Li][CH2]C(C)(C)C. The fourth-order valence-corrected chi connectivity index (χ4v) is 0. The second-order valence-corrected chi connectivity index (χ2v) is 2.91. The Morgan fingerprint density at radius 3 is 1.50 bits per heavy atom. The first kappa shape index (κ1) is 6.60. The van der Waals surface area contributed by atoms with Gasteiger partial charge in [0.15, 0.2) is 0 Å². The Morgan fingerprint density at radius 1 is 1.33 bits per heavy atom. The molecule has 0 aliphatic heterocycles. The van der Waals surface area contributed by atoms with Gasteiger partial charge in [0.1, 0.15) is 0 Å². The van der Waals surface area contributed by atoms with Crippen LogP contribution in [0.5, 0.6) is 0 Å². The molecule has 0 heterocycles. The van der Waals surface area contributed by atoms with Crippen LogP contribution in [0.25, 0.3) is 0 Å². The summed E-state index contributed by atoms with van der Waals surface area (Å²) in [5.41, 5.74) is 0.542. The quantitative estimate of drug-likeness (QED) is 0.386. The van der Waals surface area contributed by atoms with Gasteiger partial charge in [0.25, 0.3) is 0 Å². The predicted molar refractivity (Wildman–Crippen MR) is 30.0 cm³/mol. The number of rotatable bonds is 0. The van der Waals surface area contributed by atoms with E-state index in [2.05, 4.69) is 38.5 Å². The summed E-state index contributed by atoms with van der Waals surface area (Å²) in [6.07, 6.45) is 0. The molecule has 0 unspecified atom stereocenters. The topological polar surface area (TPSA) is 0 Å². The van der Waals surface area contributed by atoms with Crippen molar-refractivity contribution >= 4 is 17.7 Å². The van der Waals surface area contributed by atoms with Gasteiger partial charge in [-0.05, 0) is 0 Å². The van der Waals surface area contributed by atoms with E-state index in [1.165, 1.54) is 5.09 Å². The van der Waals surface area contributed by atoms with E-state index in [1.807, 2.05) is 0 Å². The Kier molecular flexibility index (Phi) is 2.25. The summed E-state index contributed by atoms with van der Waals surface area (Å²) in [5.74, 6) is 0. The molecule has 32 valence electrons. The van der Waals surface area contributed by atoms with E-state index >= 15 is 0 Å². The Morgan fingerprint density at radius 2 is 1.50 bits per heavy atom. The minimum atomic E-state index is 0.542. The maximum absolute atomic E-state index is 2.24. The second-order valence-electron chi connectivity index (χ2n) is 2.91. The standard InChI is InChI=1S/C5H11.Li/c1-5(2,3)4;/h1H2,2-4H3;. The third-order valence-corrected chi connectivity index (χ3v) is 1.06. The minimum absolute atomic E-state index is 0.542. The van der Waals surface area contributed by atoms with Crippen molar-refractivity contribution in [2.75, 3.05) is 0 Å². The van der Waals surface area contributed by atoms with E-state index in [-0.39, 0.29) is 0 Å². The fourth-order valence-electron chi connectivity index (χ4n) is 0. The molecule has 0 spiro atoms. The molecule has 0 fully saturated rings. The third kappa shape index (κ3) is 4.60. The van der Waals surface area contributed by atoms with Crippen LogP contribution in [0.3, 0.4) is 0 Å². The van der Waals surface area contributed by atoms with Crippen molar-refractivity contribution in [1.82, 2.24) is 0 Å². The normalized spacial score (nSPS) is 12.2. The maximum atomic E-state index is 2.24. The van der Waals surface area contributed by atoms with Gasteiger partial charge in [-0.15, -0.1) is 0 Å². The zero-order valence-corrected chi connectivity index (χ0v) is 5.21. The first-order valence-corrected chi connectivity index (χ1v) is 2.56. The van der Waals surface area contributed by atoms with E-state index < -0.39 is 0 Å². The van der Waals surface area contributed by atoms with E-state index in [1.54, 1.807) is 0 Å². The van der Waals surface area contributed by atoms with Crippen molar-refractivity contribution in [2.45, 2.75) is 25.9 Å². The molecule has 0 amide bonds. The summed E-state index contributed by atoms with van der Waals surface area (Å²) in [6, 6.07) is 0. The molecule has 0 aliphatic carbocycles. The molecule has 0 atom stereocenters. The van der Waals surface area contributed by atoms with Crippen molar-refractivity contribution in [2.24, 2.45) is 5.41 Å². The van der Waals surface area contributed by atoms with E-state index in [0.717, 1.165) is 0 Å². The summed E-state index contributed by atoms with van der Waals surface area (Å²) in [5, 5.41) is 1.27. The van der Waals surface area contributed by atoms with E-state index in [9.17, 15) is 0 Å². The molecule has 0 saturated heterocycles. The van der Waals surface area contributed by atoms with Crippen LogP contribution >= 0.6 is 0 Å². The zero-order chi connectivity index (χ0) is 5.21. The van der Waals surface area contributed by atoms with Crippen LogP contribution in [0.15, 0.2) is 0 Å². The first-order chi connectivity index (χ1) is 2.56. The van der Waals surface area contributed by atoms with Gasteiger partial charge in [-0.25, -0.2) is 0 Å². The van der Waals surface area contributed by atoms with Crippen LogP contribution < -0.4 is 0 Å². The van der Waals surface area contributed by atoms with Crippen molar-refractivity contribution in [1.29, 1.82) is 0 Å². The Labute approximate surface area is 49.5 Å². The average Bonchev–Trinajstić information content (AvgIpc) is 1.35. The van der Waals surface area contributed by atoms with Crippen LogP contribution in [0.1, 0.15) is 20.8 Å². The van der Waals surface area contributed by atoms with Crippen molar-refractivity contribution in [3.05, 3.63) is 0 Å². The summed E-state index contributed by atoms with van der Waals surface area (Å²) in [4.78, 5) is 0. The van der Waals surface area contributed by atoms with Crippen LogP contribution in [0.2, 0.25) is 5.09 Å². The first-order valence-electron chi connectivity index (χ1n) is 2.56. The van der Waals surface area contributed by atoms with E-state index in [4.69, 9.17) is 0 Å². The summed E-state index contributed by atoms with van der Waals surface area (Å²) >= 11 is 2.21. The Bertz CT molecular complexity index is 33.7. The average molecular weight is 78.1 g/mol. The molecule has 0 bridgehead atoms. The van der Waals surface area contributed by atoms with Crippen LogP contribution in [-0.2, 0) is 0 Å². The summed E-state index contributed by atoms with van der Waals surface area (Å²) in [6.45, 7) is 6.73. The van der Waals surface area contributed by atoms with Gasteiger partial charge in [0.05, 0.1) is 0 Å². The van der Waals surface area contributed by atoms with Gasteiger partial charge in [-0.3, -0.25) is 0 Å². The van der Waals surface area contributed by atoms with Crippen LogP contribution in [0.4, 0.5) is 0 Å². The molecule has 0 saturated carbocycles. The summed E-state index contributed by atoms with van der Waals surface area (Å²) < 4.78 is 0. The molecule has 0 nitrogen and oxygen atoms in total. The Balaban J connectivity index is 3.17. The van der Waals surface area contributed by atoms with Gasteiger partial charge in [0, 0.05) is 0 Å². The van der Waals surface area contributed by atoms with Crippen LogP contribution in [0, 0.1) is 5.41 Å². The molecule has 0 aromatic heterocycles. The monoisotopic (exact) mass is 78.1 g/mol. The summed E-state index contributed by atoms with van der Waals surface area (Å²) in [7, 11) is 0. The molecular weight excluding hydrogens is 67.0 g/mol. The molecule has 1 heteroatoms. The molecular formula is C5H11Li. The van der Waals surface area contributed by atoms with Crippen molar-refractivity contribution in [3.8, 4) is 0 Å². The van der Waals surface area contributed by atoms with Gasteiger partial charge in [-0.1, -0.05) is 0 Å². The third-order valence-electron chi connectivity index (χ3n) is 1.06. The molecule has 0 aliphatic rings. The van der Waals surface area contributed by atoms with Gasteiger partial charge in [-0.2, -0.15) is 0 Å². The fraction of sp³-hybridized carbons (Fsp3) is 1.00. The van der Waals surface area contributed by atoms with Gasteiger partial charge >= 0.3 is 49.0 Å². The van der Waals surface area contributed by atoms with Crippen molar-refractivity contribution < 1.29 is 0 Å².